The van der Waals surface area contributed by atoms with E-state index in [1.54, 1.807) is 24.5 Å². The number of rotatable bonds is 4. The van der Waals surface area contributed by atoms with E-state index >= 15 is 0 Å². The van der Waals surface area contributed by atoms with Gasteiger partial charge in [0.15, 0.2) is 0 Å². The van der Waals surface area contributed by atoms with Crippen LogP contribution in [0.5, 0.6) is 0 Å². The number of Topliss-reactive ketones (excluding diaryl/α,β-unsaturated/α-hetero) is 1. The second-order valence-electron chi connectivity index (χ2n) is 7.65. The number of carbonyl (C=O) groups is 2. The topological polar surface area (TPSA) is 70.5 Å². The molecule has 1 amide bonds. The lowest BCUT2D eigenvalue weighted by atomic mass is 9.96. The Bertz CT molecular complexity index is 1190. The maximum Gasteiger partial charge on any atom is 0.295 e. The lowest BCUT2D eigenvalue weighted by Crippen LogP contribution is -2.29. The van der Waals surface area contributed by atoms with Gasteiger partial charge in [-0.1, -0.05) is 29.8 Å². The fraction of sp³-hybridized carbons (Fsp3) is 0.160. The molecule has 5 nitrogen and oxygen atoms in total. The number of halogens is 1. The van der Waals surface area contributed by atoms with Crippen LogP contribution in [-0.4, -0.2) is 26.7 Å². The molecule has 0 bridgehead atoms. The van der Waals surface area contributed by atoms with Crippen molar-refractivity contribution in [2.75, 3.05) is 0 Å². The second-order valence-corrected chi connectivity index (χ2v) is 7.65. The van der Waals surface area contributed by atoms with Gasteiger partial charge in [0.2, 0.25) is 0 Å². The molecule has 31 heavy (non-hydrogen) atoms. The minimum absolute atomic E-state index is 0.0325. The third-order valence-corrected chi connectivity index (χ3v) is 5.50. The van der Waals surface area contributed by atoms with Gasteiger partial charge >= 0.3 is 0 Å². The molecule has 0 saturated carbocycles. The van der Waals surface area contributed by atoms with E-state index in [1.807, 2.05) is 32.0 Å². The summed E-state index contributed by atoms with van der Waals surface area (Å²) < 4.78 is 13.3. The van der Waals surface area contributed by atoms with Crippen molar-refractivity contribution >= 4 is 17.4 Å². The van der Waals surface area contributed by atoms with Crippen molar-refractivity contribution in [1.29, 1.82) is 0 Å². The highest BCUT2D eigenvalue weighted by Gasteiger charge is 2.46. The van der Waals surface area contributed by atoms with Gasteiger partial charge in [0.1, 0.15) is 11.6 Å². The Morgan fingerprint density at radius 2 is 1.84 bits per heavy atom. The van der Waals surface area contributed by atoms with Crippen LogP contribution in [0.4, 0.5) is 4.39 Å². The number of benzene rings is 2. The average molecular weight is 416 g/mol. The van der Waals surface area contributed by atoms with Gasteiger partial charge in [0, 0.05) is 24.5 Å². The summed E-state index contributed by atoms with van der Waals surface area (Å²) in [6.45, 7) is 4.12. The van der Waals surface area contributed by atoms with Crippen LogP contribution in [0.25, 0.3) is 5.76 Å². The fourth-order valence-corrected chi connectivity index (χ4v) is 3.84. The minimum Gasteiger partial charge on any atom is -0.507 e. The maximum atomic E-state index is 13.3. The number of aliphatic hydroxyl groups excluding tert-OH is 1. The first-order chi connectivity index (χ1) is 14.9. The Kier molecular flexibility index (Phi) is 5.38. The van der Waals surface area contributed by atoms with E-state index in [4.69, 9.17) is 0 Å². The van der Waals surface area contributed by atoms with Crippen LogP contribution < -0.4 is 0 Å². The summed E-state index contributed by atoms with van der Waals surface area (Å²) in [7, 11) is 0. The summed E-state index contributed by atoms with van der Waals surface area (Å²) >= 11 is 0. The second kappa shape index (κ2) is 8.14. The molecule has 1 atom stereocenters. The molecule has 0 aliphatic carbocycles. The smallest absolute Gasteiger partial charge is 0.295 e. The minimum atomic E-state index is -0.807. The molecule has 0 radical (unpaired) electrons. The predicted molar refractivity (Wildman–Crippen MR) is 114 cm³/mol. The molecule has 1 unspecified atom stereocenters. The number of carbonyl (C=O) groups excluding carboxylic acids is 2. The molecule has 3 aromatic rings. The normalized spacial score (nSPS) is 17.9. The standard InChI is InChI=1S/C25H21FN2O3/c1-15-5-6-16(2)19(12-15)14-28-22(18-4-3-11-27-13-18)21(24(30)25(28)31)23(29)17-7-9-20(26)10-8-17/h3-13,22,29H,14H2,1-2H3/b23-21+. The molecule has 1 fully saturated rings. The molecule has 2 heterocycles. The van der Waals surface area contributed by atoms with Gasteiger partial charge in [0.25, 0.3) is 11.7 Å². The van der Waals surface area contributed by atoms with E-state index in [0.29, 0.717) is 5.56 Å². The number of nitrogens with zero attached hydrogens (tertiary/aromatic N) is 2. The number of aliphatic hydroxyl groups is 1. The molecule has 1 N–H and O–H groups in total. The molecule has 4 rings (SSSR count). The molecule has 1 aliphatic rings. The Morgan fingerprint density at radius 3 is 2.52 bits per heavy atom. The third kappa shape index (κ3) is 3.84. The van der Waals surface area contributed by atoms with Crippen LogP contribution in [0.2, 0.25) is 0 Å². The molecule has 6 heteroatoms. The van der Waals surface area contributed by atoms with Crippen molar-refractivity contribution in [2.24, 2.45) is 0 Å². The zero-order valence-electron chi connectivity index (χ0n) is 17.2. The zero-order valence-corrected chi connectivity index (χ0v) is 17.2. The summed E-state index contributed by atoms with van der Waals surface area (Å²) in [6, 6.07) is 13.8. The molecule has 2 aromatic carbocycles. The summed E-state index contributed by atoms with van der Waals surface area (Å²) in [5, 5.41) is 11.0. The monoisotopic (exact) mass is 416 g/mol. The summed E-state index contributed by atoms with van der Waals surface area (Å²) in [6.07, 6.45) is 3.17. The maximum absolute atomic E-state index is 13.3. The van der Waals surface area contributed by atoms with Gasteiger partial charge in [-0.2, -0.15) is 0 Å². The van der Waals surface area contributed by atoms with Crippen molar-refractivity contribution in [3.05, 3.63) is 106 Å². The van der Waals surface area contributed by atoms with E-state index in [1.165, 1.54) is 29.2 Å². The van der Waals surface area contributed by atoms with E-state index in [0.717, 1.165) is 16.7 Å². The van der Waals surface area contributed by atoms with Crippen LogP contribution in [0.15, 0.2) is 72.6 Å². The van der Waals surface area contributed by atoms with E-state index in [2.05, 4.69) is 4.98 Å². The van der Waals surface area contributed by atoms with E-state index in [-0.39, 0.29) is 23.4 Å². The summed E-state index contributed by atoms with van der Waals surface area (Å²) in [5.41, 5.74) is 3.79. The highest BCUT2D eigenvalue weighted by molar-refractivity contribution is 6.46. The largest absolute Gasteiger partial charge is 0.507 e. The highest BCUT2D eigenvalue weighted by Crippen LogP contribution is 2.40. The summed E-state index contributed by atoms with van der Waals surface area (Å²) in [4.78, 5) is 31.6. The molecule has 156 valence electrons. The number of pyridine rings is 1. The molecule has 1 aromatic heterocycles. The Hall–Kier alpha value is -3.80. The number of hydrogen-bond donors (Lipinski definition) is 1. The van der Waals surface area contributed by atoms with Crippen molar-refractivity contribution in [1.82, 2.24) is 9.88 Å². The van der Waals surface area contributed by atoms with E-state index < -0.39 is 23.5 Å². The number of hydrogen-bond acceptors (Lipinski definition) is 4. The van der Waals surface area contributed by atoms with Crippen LogP contribution in [0.1, 0.15) is 33.9 Å². The number of ketones is 1. The highest BCUT2D eigenvalue weighted by atomic mass is 19.1. The first kappa shape index (κ1) is 20.5. The number of aromatic nitrogens is 1. The molecule has 1 aliphatic heterocycles. The molecular formula is C25H21FN2O3. The quantitative estimate of drug-likeness (QED) is 0.387. The van der Waals surface area contributed by atoms with Crippen molar-refractivity contribution in [3.8, 4) is 0 Å². The van der Waals surface area contributed by atoms with Crippen LogP contribution in [0.3, 0.4) is 0 Å². The number of aryl methyl sites for hydroxylation is 2. The van der Waals surface area contributed by atoms with Crippen molar-refractivity contribution in [3.63, 3.8) is 0 Å². The number of likely N-dealkylation sites (tertiary alicyclic amines) is 1. The lowest BCUT2D eigenvalue weighted by molar-refractivity contribution is -0.140. The lowest BCUT2D eigenvalue weighted by Gasteiger charge is -2.26. The van der Waals surface area contributed by atoms with Gasteiger partial charge in [-0.05, 0) is 60.9 Å². The van der Waals surface area contributed by atoms with Gasteiger partial charge in [-0.25, -0.2) is 4.39 Å². The van der Waals surface area contributed by atoms with E-state index in [9.17, 15) is 19.1 Å². The zero-order chi connectivity index (χ0) is 22.1. The Labute approximate surface area is 179 Å². The SMILES string of the molecule is Cc1ccc(C)c(CN2C(=O)C(=O)/C(=C(/O)c3ccc(F)cc3)C2c2cccnc2)c1. The fourth-order valence-electron chi connectivity index (χ4n) is 3.84. The van der Waals surface area contributed by atoms with Gasteiger partial charge < -0.3 is 10.0 Å². The van der Waals surface area contributed by atoms with Crippen LogP contribution in [0, 0.1) is 19.7 Å². The van der Waals surface area contributed by atoms with Gasteiger partial charge in [-0.15, -0.1) is 0 Å². The molecular weight excluding hydrogens is 395 g/mol. The average Bonchev–Trinajstić information content (AvgIpc) is 3.02. The van der Waals surface area contributed by atoms with Gasteiger partial charge in [0.05, 0.1) is 11.6 Å². The Balaban J connectivity index is 1.86. The third-order valence-electron chi connectivity index (χ3n) is 5.50. The predicted octanol–water partition coefficient (Wildman–Crippen LogP) is 4.46. The molecule has 0 spiro atoms. The van der Waals surface area contributed by atoms with Crippen LogP contribution >= 0.6 is 0 Å². The summed E-state index contributed by atoms with van der Waals surface area (Å²) in [5.74, 6) is -2.27. The van der Waals surface area contributed by atoms with Crippen molar-refractivity contribution < 1.29 is 19.1 Å². The number of amides is 1. The Morgan fingerprint density at radius 1 is 1.10 bits per heavy atom. The first-order valence-electron chi connectivity index (χ1n) is 9.87. The molecule has 1 saturated heterocycles. The van der Waals surface area contributed by atoms with Gasteiger partial charge in [-0.3, -0.25) is 14.6 Å². The first-order valence-corrected chi connectivity index (χ1v) is 9.87. The van der Waals surface area contributed by atoms with Crippen LogP contribution in [-0.2, 0) is 16.1 Å². The van der Waals surface area contributed by atoms with Crippen molar-refractivity contribution in [2.45, 2.75) is 26.4 Å².